The predicted octanol–water partition coefficient (Wildman–Crippen LogP) is 6.81. The molecule has 0 aliphatic rings. The number of carbonyl (C=O) groups is 2. The second-order valence-corrected chi connectivity index (χ2v) is 16.4. The third kappa shape index (κ3) is 12.3. The van der Waals surface area contributed by atoms with E-state index in [9.17, 15) is 40.1 Å². The lowest BCUT2D eigenvalue weighted by Crippen LogP contribution is -2.50. The maximum Gasteiger partial charge on any atom is 0.249 e. The van der Waals surface area contributed by atoms with Crippen molar-refractivity contribution in [3.63, 3.8) is 0 Å². The molecule has 320 valence electrons. The zero-order valence-corrected chi connectivity index (χ0v) is 34.7. The Bertz CT molecular complexity index is 2420. The molecule has 0 radical (unpaired) electrons. The first-order valence-corrected chi connectivity index (χ1v) is 21.1. The summed E-state index contributed by atoms with van der Waals surface area (Å²) in [5.74, 6) is -4.15. The van der Waals surface area contributed by atoms with Gasteiger partial charge in [-0.1, -0.05) is 18.2 Å². The summed E-state index contributed by atoms with van der Waals surface area (Å²) in [5.41, 5.74) is 0.771. The van der Waals surface area contributed by atoms with Crippen molar-refractivity contribution in [1.82, 2.24) is 9.44 Å². The minimum atomic E-state index is -4.68. The van der Waals surface area contributed by atoms with E-state index in [2.05, 4.69) is 22.6 Å². The molecule has 5 aromatic carbocycles. The standard InChI is InChI=1S/C44H42F4N4O7S2/c1-5-18-51(35-10-14-37(58-3)15-11-35)43(53)41(24-29-20-31(45)26-32(46)21-29)49-60(55)39-8-7-9-40(28-39)61(56,57)50-42(25-30-22-33(47)27-34(48)23-30)44(54)52(19-6-2)36-12-16-38(59-4)17-13-36/h5-17,20-23,26-28,41-42,49-50H,1-2,18-19,24-25H2,3-4H3/t41-,42-,60?/m0/s1. The van der Waals surface area contributed by atoms with Gasteiger partial charge in [-0.05, 0) is 102 Å². The number of hydrogen-bond donors (Lipinski definition) is 2. The highest BCUT2D eigenvalue weighted by molar-refractivity contribution is 7.90. The Morgan fingerprint density at radius 2 is 1.11 bits per heavy atom. The average molecular weight is 879 g/mol. The van der Waals surface area contributed by atoms with Crippen LogP contribution in [-0.2, 0) is 43.8 Å². The van der Waals surface area contributed by atoms with E-state index in [1.807, 2.05) is 0 Å². The van der Waals surface area contributed by atoms with Crippen molar-refractivity contribution in [3.05, 3.63) is 169 Å². The Morgan fingerprint density at radius 3 is 1.54 bits per heavy atom. The molecule has 0 bridgehead atoms. The van der Waals surface area contributed by atoms with E-state index in [1.54, 1.807) is 48.5 Å². The molecule has 0 aliphatic carbocycles. The molecular weight excluding hydrogens is 837 g/mol. The molecule has 1 unspecified atom stereocenters. The van der Waals surface area contributed by atoms with Crippen molar-refractivity contribution in [2.75, 3.05) is 37.1 Å². The van der Waals surface area contributed by atoms with Gasteiger partial charge >= 0.3 is 0 Å². The number of amides is 2. The average Bonchev–Trinajstić information content (AvgIpc) is 3.23. The van der Waals surface area contributed by atoms with E-state index in [0.717, 1.165) is 30.3 Å². The van der Waals surface area contributed by atoms with Crippen molar-refractivity contribution in [2.24, 2.45) is 0 Å². The molecule has 0 saturated carbocycles. The number of nitrogens with zero attached hydrogens (tertiary/aromatic N) is 2. The summed E-state index contributed by atoms with van der Waals surface area (Å²) in [6, 6.07) is 19.8. The molecule has 0 heterocycles. The minimum absolute atomic E-state index is 0.0161. The molecule has 0 fully saturated rings. The summed E-state index contributed by atoms with van der Waals surface area (Å²) < 4.78 is 115. The van der Waals surface area contributed by atoms with Crippen LogP contribution < -0.4 is 28.7 Å². The number of carbonyl (C=O) groups excluding carboxylic acids is 2. The smallest absolute Gasteiger partial charge is 0.249 e. The molecule has 17 heteroatoms. The van der Waals surface area contributed by atoms with Crippen LogP contribution in [0.1, 0.15) is 11.1 Å². The van der Waals surface area contributed by atoms with Crippen molar-refractivity contribution >= 4 is 44.6 Å². The first kappa shape index (κ1) is 46.1. The highest BCUT2D eigenvalue weighted by Crippen LogP contribution is 2.25. The minimum Gasteiger partial charge on any atom is -0.593 e. The fourth-order valence-corrected chi connectivity index (χ4v) is 8.63. The van der Waals surface area contributed by atoms with E-state index >= 15 is 0 Å². The summed E-state index contributed by atoms with van der Waals surface area (Å²) in [6.45, 7) is 7.33. The third-order valence-corrected chi connectivity index (χ3v) is 11.8. The van der Waals surface area contributed by atoms with E-state index in [0.29, 0.717) is 35.0 Å². The molecule has 3 atom stereocenters. The number of benzene rings is 5. The largest absolute Gasteiger partial charge is 0.593 e. The van der Waals surface area contributed by atoms with Gasteiger partial charge < -0.3 is 23.8 Å². The van der Waals surface area contributed by atoms with E-state index in [1.165, 1.54) is 54.4 Å². The number of nitrogens with one attached hydrogen (secondary N) is 2. The molecular formula is C44H42F4N4O7S2. The molecule has 5 aromatic rings. The molecule has 2 amide bonds. The molecule has 0 aliphatic heterocycles. The summed E-state index contributed by atoms with van der Waals surface area (Å²) in [7, 11) is -1.75. The van der Waals surface area contributed by atoms with Gasteiger partial charge in [0.2, 0.25) is 21.8 Å². The summed E-state index contributed by atoms with van der Waals surface area (Å²) >= 11 is -2.34. The van der Waals surface area contributed by atoms with Crippen molar-refractivity contribution in [2.45, 2.75) is 34.7 Å². The van der Waals surface area contributed by atoms with Gasteiger partial charge in [-0.25, -0.2) is 26.0 Å². The second-order valence-electron chi connectivity index (χ2n) is 13.4. The van der Waals surface area contributed by atoms with Crippen LogP contribution in [0.3, 0.4) is 0 Å². The summed E-state index contributed by atoms with van der Waals surface area (Å²) in [5, 5.41) is 0. The van der Waals surface area contributed by atoms with Crippen LogP contribution in [0, 0.1) is 23.3 Å². The first-order valence-electron chi connectivity index (χ1n) is 18.5. The topological polar surface area (TPSA) is 140 Å². The van der Waals surface area contributed by atoms with Gasteiger partial charge in [-0.15, -0.1) is 17.9 Å². The zero-order chi connectivity index (χ0) is 44.3. The Kier molecular flexibility index (Phi) is 15.9. The van der Waals surface area contributed by atoms with Crippen LogP contribution in [0.25, 0.3) is 0 Å². The number of ether oxygens (including phenoxy) is 2. The Labute approximate surface area is 354 Å². The summed E-state index contributed by atoms with van der Waals surface area (Å²) in [4.78, 5) is 30.4. The molecule has 5 rings (SSSR count). The molecule has 0 aromatic heterocycles. The summed E-state index contributed by atoms with van der Waals surface area (Å²) in [6.07, 6.45) is 2.04. The lowest BCUT2D eigenvalue weighted by Gasteiger charge is -2.28. The van der Waals surface area contributed by atoms with Crippen LogP contribution in [0.5, 0.6) is 11.5 Å². The van der Waals surface area contributed by atoms with Gasteiger partial charge in [0.15, 0.2) is 4.90 Å². The first-order chi connectivity index (χ1) is 29.1. The Hall–Kier alpha value is -5.98. The number of hydrogen-bond acceptors (Lipinski definition) is 8. The van der Waals surface area contributed by atoms with Gasteiger partial charge in [0.1, 0.15) is 46.9 Å². The Balaban J connectivity index is 1.47. The number of sulfonamides is 1. The van der Waals surface area contributed by atoms with E-state index in [4.69, 9.17) is 9.47 Å². The van der Waals surface area contributed by atoms with Gasteiger partial charge in [0.05, 0.1) is 30.5 Å². The third-order valence-electron chi connectivity index (χ3n) is 9.12. The highest BCUT2D eigenvalue weighted by Gasteiger charge is 2.33. The van der Waals surface area contributed by atoms with Crippen molar-refractivity contribution < 1.29 is 49.6 Å². The van der Waals surface area contributed by atoms with Crippen LogP contribution >= 0.6 is 0 Å². The van der Waals surface area contributed by atoms with Crippen LogP contribution in [0.2, 0.25) is 0 Å². The number of halogens is 4. The van der Waals surface area contributed by atoms with E-state index in [-0.39, 0.29) is 35.5 Å². The van der Waals surface area contributed by atoms with Gasteiger partial charge in [-0.3, -0.25) is 9.59 Å². The SMILES string of the molecule is C=CCN(C(=O)[C@H](Cc1cc(F)cc(F)c1)N[S+]([O-])c1cccc(S(=O)(=O)N[C@@H](Cc2cc(F)cc(F)c2)C(=O)N(CC=C)c2ccc(OC)cc2)c1)c1ccc(OC)cc1. The fraction of sp³-hybridized carbons (Fsp3) is 0.182. The number of anilines is 2. The number of rotatable bonds is 20. The van der Waals surface area contributed by atoms with Crippen LogP contribution in [-0.4, -0.2) is 64.2 Å². The van der Waals surface area contributed by atoms with E-state index < -0.39 is 79.9 Å². The van der Waals surface area contributed by atoms with Crippen LogP contribution in [0.15, 0.2) is 144 Å². The maximum atomic E-state index is 14.3. The monoisotopic (exact) mass is 878 g/mol. The quantitative estimate of drug-likeness (QED) is 0.0494. The van der Waals surface area contributed by atoms with Crippen LogP contribution in [0.4, 0.5) is 28.9 Å². The zero-order valence-electron chi connectivity index (χ0n) is 33.0. The molecule has 0 spiro atoms. The van der Waals surface area contributed by atoms with Crippen molar-refractivity contribution in [3.8, 4) is 11.5 Å². The normalized spacial score (nSPS) is 12.8. The number of methoxy groups -OCH3 is 2. The van der Waals surface area contributed by atoms with Crippen molar-refractivity contribution in [1.29, 1.82) is 0 Å². The van der Waals surface area contributed by atoms with Gasteiger partial charge in [0, 0.05) is 49.1 Å². The molecule has 0 saturated heterocycles. The Morgan fingerprint density at radius 1 is 0.689 bits per heavy atom. The predicted molar refractivity (Wildman–Crippen MR) is 225 cm³/mol. The lowest BCUT2D eigenvalue weighted by atomic mass is 10.0. The molecule has 11 nitrogen and oxygen atoms in total. The maximum absolute atomic E-state index is 14.3. The van der Waals surface area contributed by atoms with Gasteiger partial charge in [-0.2, -0.15) is 4.72 Å². The second kappa shape index (κ2) is 21.0. The molecule has 2 N–H and O–H groups in total. The fourth-order valence-electron chi connectivity index (χ4n) is 6.30. The highest BCUT2D eigenvalue weighted by atomic mass is 32.2. The lowest BCUT2D eigenvalue weighted by molar-refractivity contribution is -0.120. The van der Waals surface area contributed by atoms with Gasteiger partial charge in [0.25, 0.3) is 0 Å². The molecule has 61 heavy (non-hydrogen) atoms.